The van der Waals surface area contributed by atoms with Gasteiger partial charge in [-0.2, -0.15) is 0 Å². The number of benzene rings is 8. The number of nitrogens with zero attached hydrogens (tertiary/aromatic N) is 1. The first-order valence-corrected chi connectivity index (χ1v) is 18.5. The van der Waals surface area contributed by atoms with Crippen LogP contribution in [0.25, 0.3) is 64.3 Å². The number of thiophene rings is 1. The second-order valence-electron chi connectivity index (χ2n) is 14.1. The molecule has 242 valence electrons. The zero-order valence-corrected chi connectivity index (χ0v) is 29.4. The summed E-state index contributed by atoms with van der Waals surface area (Å²) in [5, 5.41) is 5.12. The lowest BCUT2D eigenvalue weighted by molar-refractivity contribution is 0.660. The highest BCUT2D eigenvalue weighted by molar-refractivity contribution is 7.25. The predicted octanol–water partition coefficient (Wildman–Crippen LogP) is 14.3. The number of fused-ring (bicyclic) bond motifs is 7. The molecule has 0 radical (unpaired) electrons. The Hall–Kier alpha value is -5.96. The van der Waals surface area contributed by atoms with E-state index in [9.17, 15) is 0 Å². The average Bonchev–Trinajstić information content (AvgIpc) is 3.66. The van der Waals surface area contributed by atoms with E-state index >= 15 is 0 Å². The van der Waals surface area contributed by atoms with Crippen LogP contribution in [0.15, 0.2) is 176 Å². The maximum absolute atomic E-state index is 2.47. The Morgan fingerprint density at radius 3 is 2.04 bits per heavy atom. The summed E-state index contributed by atoms with van der Waals surface area (Å²) in [6, 6.07) is 65.0. The number of anilines is 3. The Labute approximate surface area is 302 Å². The molecule has 1 aliphatic carbocycles. The molecule has 0 unspecified atom stereocenters. The Bertz CT molecular complexity index is 2790. The maximum atomic E-state index is 2.47. The van der Waals surface area contributed by atoms with Crippen LogP contribution < -0.4 is 4.90 Å². The molecule has 51 heavy (non-hydrogen) atoms. The van der Waals surface area contributed by atoms with Crippen molar-refractivity contribution in [1.82, 2.24) is 0 Å². The van der Waals surface area contributed by atoms with E-state index in [1.54, 1.807) is 0 Å². The summed E-state index contributed by atoms with van der Waals surface area (Å²) >= 11 is 1.87. The lowest BCUT2D eigenvalue weighted by atomic mass is 9.82. The van der Waals surface area contributed by atoms with Crippen LogP contribution in [-0.2, 0) is 5.41 Å². The molecule has 0 spiro atoms. The molecule has 9 aromatic rings. The summed E-state index contributed by atoms with van der Waals surface area (Å²) in [5.74, 6) is 0. The van der Waals surface area contributed by atoms with Gasteiger partial charge in [0.2, 0.25) is 0 Å². The molecule has 0 amide bonds. The number of hydrogen-bond acceptors (Lipinski definition) is 2. The van der Waals surface area contributed by atoms with Crippen LogP contribution in [0.2, 0.25) is 0 Å². The molecule has 0 saturated carbocycles. The second-order valence-corrected chi connectivity index (χ2v) is 15.2. The van der Waals surface area contributed by atoms with Gasteiger partial charge in [0.25, 0.3) is 0 Å². The minimum absolute atomic E-state index is 0.105. The van der Waals surface area contributed by atoms with Crippen LogP contribution in [0.4, 0.5) is 17.1 Å². The van der Waals surface area contributed by atoms with Crippen LogP contribution in [0, 0.1) is 0 Å². The molecular formula is C49H35NS. The van der Waals surface area contributed by atoms with Crippen molar-refractivity contribution >= 4 is 59.3 Å². The zero-order chi connectivity index (χ0) is 34.1. The second kappa shape index (κ2) is 11.6. The van der Waals surface area contributed by atoms with Gasteiger partial charge in [-0.3, -0.25) is 0 Å². The zero-order valence-electron chi connectivity index (χ0n) is 28.6. The van der Waals surface area contributed by atoms with E-state index in [4.69, 9.17) is 0 Å². The molecule has 1 heterocycles. The van der Waals surface area contributed by atoms with Crippen molar-refractivity contribution in [3.63, 3.8) is 0 Å². The van der Waals surface area contributed by atoms with Gasteiger partial charge in [-0.05, 0) is 98.2 Å². The minimum atomic E-state index is -0.105. The van der Waals surface area contributed by atoms with E-state index in [0.717, 1.165) is 17.1 Å². The van der Waals surface area contributed by atoms with E-state index in [-0.39, 0.29) is 5.41 Å². The molecule has 0 fully saturated rings. The van der Waals surface area contributed by atoms with Gasteiger partial charge in [0.1, 0.15) is 0 Å². The molecule has 0 bridgehead atoms. The van der Waals surface area contributed by atoms with E-state index < -0.39 is 0 Å². The van der Waals surface area contributed by atoms with Crippen molar-refractivity contribution in [2.75, 3.05) is 4.90 Å². The van der Waals surface area contributed by atoms with E-state index in [1.165, 1.54) is 75.5 Å². The van der Waals surface area contributed by atoms with Gasteiger partial charge in [0, 0.05) is 42.5 Å². The minimum Gasteiger partial charge on any atom is -0.310 e. The average molecular weight is 670 g/mol. The third kappa shape index (κ3) is 4.75. The largest absolute Gasteiger partial charge is 0.310 e. The topological polar surface area (TPSA) is 3.24 Å². The van der Waals surface area contributed by atoms with E-state index in [0.29, 0.717) is 0 Å². The summed E-state index contributed by atoms with van der Waals surface area (Å²) < 4.78 is 2.62. The molecule has 1 nitrogen and oxygen atoms in total. The third-order valence-corrected chi connectivity index (χ3v) is 12.0. The van der Waals surface area contributed by atoms with Crippen LogP contribution in [0.3, 0.4) is 0 Å². The number of hydrogen-bond donors (Lipinski definition) is 0. The van der Waals surface area contributed by atoms with Crippen molar-refractivity contribution in [2.24, 2.45) is 0 Å². The van der Waals surface area contributed by atoms with Gasteiger partial charge < -0.3 is 4.90 Å². The van der Waals surface area contributed by atoms with Crippen LogP contribution in [0.1, 0.15) is 25.0 Å². The number of para-hydroxylation sites is 1. The fourth-order valence-electron chi connectivity index (χ4n) is 8.34. The number of rotatable bonds is 5. The summed E-state index contributed by atoms with van der Waals surface area (Å²) in [5.41, 5.74) is 13.6. The van der Waals surface area contributed by atoms with Gasteiger partial charge in [-0.15, -0.1) is 11.3 Å². The first kappa shape index (κ1) is 29.9. The first-order chi connectivity index (χ1) is 25.0. The molecule has 8 aromatic carbocycles. The Morgan fingerprint density at radius 1 is 0.431 bits per heavy atom. The molecule has 0 N–H and O–H groups in total. The molecule has 0 atom stereocenters. The lowest BCUT2D eigenvalue weighted by Crippen LogP contribution is -2.17. The first-order valence-electron chi connectivity index (χ1n) is 17.7. The molecule has 1 aromatic heterocycles. The van der Waals surface area contributed by atoms with Crippen molar-refractivity contribution in [3.8, 4) is 33.4 Å². The molecular weight excluding hydrogens is 635 g/mol. The summed E-state index contributed by atoms with van der Waals surface area (Å²) in [6.07, 6.45) is 0. The normalized spacial score (nSPS) is 13.1. The predicted molar refractivity (Wildman–Crippen MR) is 220 cm³/mol. The molecule has 10 rings (SSSR count). The van der Waals surface area contributed by atoms with Crippen molar-refractivity contribution in [3.05, 3.63) is 187 Å². The fraction of sp³-hybridized carbons (Fsp3) is 0.0612. The molecule has 1 aliphatic rings. The van der Waals surface area contributed by atoms with E-state index in [1.807, 2.05) is 11.3 Å². The molecule has 2 heteroatoms. The Kier molecular flexibility index (Phi) is 6.78. The van der Waals surface area contributed by atoms with Gasteiger partial charge in [0.05, 0.1) is 5.69 Å². The standard InChI is InChI=1S/C49H35NS/c1-49(2)43-20-10-8-17-39(43)40-28-26-37(31-44(40)49)50(36-15-4-3-5-16-36)45-21-12-19-38(34-24-23-32-13-6-7-14-33(32)29-34)48(45)35-25-27-42-41-18-9-11-22-46(41)51-47(42)30-35/h3-31H,1-2H3. The highest BCUT2D eigenvalue weighted by Gasteiger charge is 2.36. The van der Waals surface area contributed by atoms with Gasteiger partial charge >= 0.3 is 0 Å². The summed E-state index contributed by atoms with van der Waals surface area (Å²) in [4.78, 5) is 2.47. The molecule has 0 saturated heterocycles. The maximum Gasteiger partial charge on any atom is 0.0546 e. The van der Waals surface area contributed by atoms with Crippen LogP contribution in [-0.4, -0.2) is 0 Å². The molecule has 0 aliphatic heterocycles. The van der Waals surface area contributed by atoms with Crippen molar-refractivity contribution in [1.29, 1.82) is 0 Å². The van der Waals surface area contributed by atoms with E-state index in [2.05, 4.69) is 195 Å². The fourth-order valence-corrected chi connectivity index (χ4v) is 9.49. The quantitative estimate of drug-likeness (QED) is 0.176. The van der Waals surface area contributed by atoms with Crippen molar-refractivity contribution < 1.29 is 0 Å². The van der Waals surface area contributed by atoms with Gasteiger partial charge in [-0.1, -0.05) is 141 Å². The summed E-state index contributed by atoms with van der Waals surface area (Å²) in [7, 11) is 0. The van der Waals surface area contributed by atoms with Crippen LogP contribution in [0.5, 0.6) is 0 Å². The lowest BCUT2D eigenvalue weighted by Gasteiger charge is -2.30. The smallest absolute Gasteiger partial charge is 0.0546 e. The summed E-state index contributed by atoms with van der Waals surface area (Å²) in [6.45, 7) is 4.72. The Morgan fingerprint density at radius 2 is 1.14 bits per heavy atom. The monoisotopic (exact) mass is 669 g/mol. The SMILES string of the molecule is CC1(C)c2ccccc2-c2ccc(N(c3ccccc3)c3cccc(-c4ccc5ccccc5c4)c3-c3ccc4c(c3)sc3ccccc34)cc21. The van der Waals surface area contributed by atoms with Crippen LogP contribution >= 0.6 is 11.3 Å². The highest BCUT2D eigenvalue weighted by atomic mass is 32.1. The van der Waals surface area contributed by atoms with Gasteiger partial charge in [0.15, 0.2) is 0 Å². The highest BCUT2D eigenvalue weighted by Crippen LogP contribution is 2.52. The van der Waals surface area contributed by atoms with Crippen molar-refractivity contribution in [2.45, 2.75) is 19.3 Å². The van der Waals surface area contributed by atoms with Gasteiger partial charge in [-0.25, -0.2) is 0 Å². The third-order valence-electron chi connectivity index (χ3n) is 10.9. The Balaban J connectivity index is 1.25.